The summed E-state index contributed by atoms with van der Waals surface area (Å²) in [6.45, 7) is 3.72. The largest absolute Gasteiger partial charge is 0.382 e. The lowest BCUT2D eigenvalue weighted by atomic mass is 10.0. The molecule has 5 aromatic rings. The average molecular weight is 543 g/mol. The van der Waals surface area contributed by atoms with Crippen LogP contribution in [-0.2, 0) is 10.0 Å². The Labute approximate surface area is 224 Å². The first kappa shape index (κ1) is 25.9. The molecule has 3 N–H and O–H groups in total. The smallest absolute Gasteiger partial charge is 0.284 e. The summed E-state index contributed by atoms with van der Waals surface area (Å²) in [7, 11) is -2.43. The van der Waals surface area contributed by atoms with Gasteiger partial charge in [0, 0.05) is 18.2 Å². The number of hydrogen-bond acceptors (Lipinski definition) is 7. The Morgan fingerprint density at radius 2 is 1.79 bits per heavy atom. The molecule has 1 atom stereocenters. The summed E-state index contributed by atoms with van der Waals surface area (Å²) in [5.41, 5.74) is 9.59. The Balaban J connectivity index is 1.50. The van der Waals surface area contributed by atoms with Crippen LogP contribution in [0.5, 0.6) is 0 Å². The number of benzene rings is 3. The van der Waals surface area contributed by atoms with Crippen LogP contribution < -0.4 is 16.6 Å². The quantitative estimate of drug-likeness (QED) is 0.335. The summed E-state index contributed by atoms with van der Waals surface area (Å²) < 4.78 is 28.5. The SMILES string of the molecule is CNC(=O)c1cccc([C@@H](C)n2cnc3cc(-c4cnn(S(=O)(=O)c5ccc(C)cc5)c4N)ccc3c2=O)c1. The fraction of sp³-hybridized carbons (Fsp3) is 0.143. The molecule has 0 aliphatic rings. The minimum absolute atomic E-state index is 0.0483. The van der Waals surface area contributed by atoms with Crippen molar-refractivity contribution in [3.8, 4) is 11.1 Å². The summed E-state index contributed by atoms with van der Waals surface area (Å²) in [5, 5.41) is 7.03. The van der Waals surface area contributed by atoms with E-state index >= 15 is 0 Å². The number of fused-ring (bicyclic) bond motifs is 1. The number of aryl methyl sites for hydroxylation is 1. The van der Waals surface area contributed by atoms with Gasteiger partial charge < -0.3 is 11.1 Å². The number of nitrogens with zero attached hydrogens (tertiary/aromatic N) is 4. The maximum atomic E-state index is 13.4. The van der Waals surface area contributed by atoms with Crippen LogP contribution >= 0.6 is 0 Å². The number of carbonyl (C=O) groups excluding carboxylic acids is 1. The van der Waals surface area contributed by atoms with E-state index in [0.29, 0.717) is 27.6 Å². The van der Waals surface area contributed by atoms with Gasteiger partial charge in [0.25, 0.3) is 21.5 Å². The van der Waals surface area contributed by atoms with Gasteiger partial charge in [-0.2, -0.15) is 13.5 Å². The predicted molar refractivity (Wildman–Crippen MR) is 149 cm³/mol. The van der Waals surface area contributed by atoms with Gasteiger partial charge in [0.15, 0.2) is 0 Å². The van der Waals surface area contributed by atoms with E-state index in [1.54, 1.807) is 55.6 Å². The van der Waals surface area contributed by atoms with Gasteiger partial charge in [-0.05, 0) is 61.4 Å². The molecule has 0 saturated carbocycles. The van der Waals surface area contributed by atoms with Gasteiger partial charge in [0.1, 0.15) is 5.82 Å². The number of amides is 1. The molecular formula is C28H26N6O4S. The van der Waals surface area contributed by atoms with E-state index in [0.717, 1.165) is 15.2 Å². The Kier molecular flexibility index (Phi) is 6.52. The molecule has 2 aromatic heterocycles. The summed E-state index contributed by atoms with van der Waals surface area (Å²) in [6.07, 6.45) is 2.84. The van der Waals surface area contributed by atoms with Crippen LogP contribution in [0.2, 0.25) is 0 Å². The highest BCUT2D eigenvalue weighted by Gasteiger charge is 2.23. The summed E-state index contributed by atoms with van der Waals surface area (Å²) in [6, 6.07) is 18.1. The first-order valence-electron chi connectivity index (χ1n) is 12.1. The van der Waals surface area contributed by atoms with Crippen molar-refractivity contribution in [2.75, 3.05) is 12.8 Å². The van der Waals surface area contributed by atoms with Crippen molar-refractivity contribution in [2.24, 2.45) is 0 Å². The minimum atomic E-state index is -3.99. The lowest BCUT2D eigenvalue weighted by molar-refractivity contribution is 0.0963. The predicted octanol–water partition coefficient (Wildman–Crippen LogP) is 3.36. The topological polar surface area (TPSA) is 142 Å². The standard InChI is InChI=1S/C28H26N6O4S/c1-17-7-10-22(11-8-17)39(37,38)34-26(29)24(15-32-34)20-9-12-23-25(14-20)31-16-33(28(23)36)18(2)19-5-4-6-21(13-19)27(35)30-3/h4-16,18H,29H2,1-3H3,(H,30,35)/t18-/m1/s1. The van der Waals surface area contributed by atoms with E-state index < -0.39 is 10.0 Å². The summed E-state index contributed by atoms with van der Waals surface area (Å²) in [4.78, 5) is 30.0. The lowest BCUT2D eigenvalue weighted by Crippen LogP contribution is -2.25. The third-order valence-corrected chi connectivity index (χ3v) is 8.30. The van der Waals surface area contributed by atoms with Crippen molar-refractivity contribution in [2.45, 2.75) is 24.8 Å². The minimum Gasteiger partial charge on any atom is -0.382 e. The molecule has 3 aromatic carbocycles. The molecule has 0 saturated heterocycles. The lowest BCUT2D eigenvalue weighted by Gasteiger charge is -2.16. The van der Waals surface area contributed by atoms with Gasteiger partial charge >= 0.3 is 0 Å². The molecular weight excluding hydrogens is 516 g/mol. The average Bonchev–Trinajstić information content (AvgIpc) is 3.34. The monoisotopic (exact) mass is 542 g/mol. The van der Waals surface area contributed by atoms with Gasteiger partial charge in [-0.25, -0.2) is 4.98 Å². The highest BCUT2D eigenvalue weighted by atomic mass is 32.2. The van der Waals surface area contributed by atoms with E-state index in [1.165, 1.54) is 29.2 Å². The second kappa shape index (κ2) is 9.84. The number of anilines is 1. The second-order valence-electron chi connectivity index (χ2n) is 9.17. The van der Waals surface area contributed by atoms with Crippen molar-refractivity contribution >= 4 is 32.7 Å². The van der Waals surface area contributed by atoms with E-state index in [9.17, 15) is 18.0 Å². The van der Waals surface area contributed by atoms with E-state index in [-0.39, 0.29) is 28.2 Å². The van der Waals surface area contributed by atoms with Crippen molar-refractivity contribution in [1.82, 2.24) is 24.1 Å². The fourth-order valence-corrected chi connectivity index (χ4v) is 5.60. The van der Waals surface area contributed by atoms with Crippen LogP contribution in [0, 0.1) is 6.92 Å². The second-order valence-corrected chi connectivity index (χ2v) is 10.9. The molecule has 0 spiro atoms. The number of carbonyl (C=O) groups is 1. The number of hydrogen-bond donors (Lipinski definition) is 2. The van der Waals surface area contributed by atoms with Gasteiger partial charge in [-0.15, -0.1) is 4.09 Å². The van der Waals surface area contributed by atoms with Crippen molar-refractivity contribution in [3.63, 3.8) is 0 Å². The fourth-order valence-electron chi connectivity index (χ4n) is 4.39. The summed E-state index contributed by atoms with van der Waals surface area (Å²) in [5.74, 6) is -0.261. The van der Waals surface area contributed by atoms with Crippen molar-refractivity contribution in [1.29, 1.82) is 0 Å². The highest BCUT2D eigenvalue weighted by Crippen LogP contribution is 2.30. The van der Waals surface area contributed by atoms with Gasteiger partial charge in [0.2, 0.25) is 0 Å². The number of nitrogens with two attached hydrogens (primary N) is 1. The van der Waals surface area contributed by atoms with Crippen molar-refractivity contribution < 1.29 is 13.2 Å². The third-order valence-electron chi connectivity index (χ3n) is 6.69. The zero-order chi connectivity index (χ0) is 27.9. The number of nitrogens with one attached hydrogen (secondary N) is 1. The van der Waals surface area contributed by atoms with Crippen LogP contribution in [0.15, 0.2) is 88.9 Å². The molecule has 0 aliphatic heterocycles. The molecule has 39 heavy (non-hydrogen) atoms. The zero-order valence-electron chi connectivity index (χ0n) is 21.5. The highest BCUT2D eigenvalue weighted by molar-refractivity contribution is 7.90. The van der Waals surface area contributed by atoms with Gasteiger partial charge in [0.05, 0.1) is 34.4 Å². The summed E-state index contributed by atoms with van der Waals surface area (Å²) >= 11 is 0. The Morgan fingerprint density at radius 3 is 2.51 bits per heavy atom. The van der Waals surface area contributed by atoms with E-state index in [2.05, 4.69) is 15.4 Å². The number of nitrogen functional groups attached to an aromatic ring is 1. The molecule has 1 amide bonds. The Hall–Kier alpha value is -4.77. The first-order valence-corrected chi connectivity index (χ1v) is 13.5. The molecule has 5 rings (SSSR count). The Bertz CT molecular complexity index is 1890. The molecule has 10 nitrogen and oxygen atoms in total. The molecule has 0 fully saturated rings. The first-order chi connectivity index (χ1) is 18.6. The normalized spacial score (nSPS) is 12.4. The third kappa shape index (κ3) is 4.57. The zero-order valence-corrected chi connectivity index (χ0v) is 22.3. The molecule has 0 bridgehead atoms. The van der Waals surface area contributed by atoms with Gasteiger partial charge in [-0.1, -0.05) is 35.9 Å². The maximum Gasteiger partial charge on any atom is 0.284 e. The number of aromatic nitrogens is 4. The molecule has 11 heteroatoms. The van der Waals surface area contributed by atoms with E-state index in [4.69, 9.17) is 5.73 Å². The molecule has 0 radical (unpaired) electrons. The Morgan fingerprint density at radius 1 is 1.05 bits per heavy atom. The van der Waals surface area contributed by atoms with Crippen LogP contribution in [0.4, 0.5) is 5.82 Å². The number of rotatable bonds is 6. The van der Waals surface area contributed by atoms with Crippen LogP contribution in [0.1, 0.15) is 34.5 Å². The van der Waals surface area contributed by atoms with Crippen LogP contribution in [-0.4, -0.2) is 40.1 Å². The van der Waals surface area contributed by atoms with E-state index in [1.807, 2.05) is 19.9 Å². The molecule has 198 valence electrons. The van der Waals surface area contributed by atoms with Crippen LogP contribution in [0.25, 0.3) is 22.0 Å². The van der Waals surface area contributed by atoms with Crippen LogP contribution in [0.3, 0.4) is 0 Å². The van der Waals surface area contributed by atoms with Gasteiger partial charge in [-0.3, -0.25) is 14.2 Å². The molecule has 2 heterocycles. The van der Waals surface area contributed by atoms with Crippen molar-refractivity contribution in [3.05, 3.63) is 106 Å². The maximum absolute atomic E-state index is 13.4. The molecule has 0 aliphatic carbocycles. The molecule has 0 unspecified atom stereocenters.